The number of hydrogen-bond acceptors (Lipinski definition) is 7. The smallest absolute Gasteiger partial charge is 0.206 e. The second kappa shape index (κ2) is 12.1. The maximum absolute atomic E-state index is 9.14. The molecule has 4 rings (SSSR count). The summed E-state index contributed by atoms with van der Waals surface area (Å²) in [6.45, 7) is 2.57. The Labute approximate surface area is 220 Å². The Balaban J connectivity index is 1.81. The topological polar surface area (TPSA) is 81.1 Å². The number of hydrogen-bond donors (Lipinski definition) is 0. The van der Waals surface area contributed by atoms with E-state index < -0.39 is 0 Å². The van der Waals surface area contributed by atoms with Crippen molar-refractivity contribution in [1.29, 1.82) is 5.26 Å². The van der Waals surface area contributed by atoms with Crippen molar-refractivity contribution < 1.29 is 14.2 Å². The van der Waals surface area contributed by atoms with Crippen molar-refractivity contribution in [2.24, 2.45) is 10.1 Å². The summed E-state index contributed by atoms with van der Waals surface area (Å²) in [5.41, 5.74) is 5.25. The molecule has 1 aromatic heterocycles. The Hall–Kier alpha value is -4.35. The molecule has 0 atom stereocenters. The molecule has 0 N–H and O–H groups in total. The van der Waals surface area contributed by atoms with Crippen molar-refractivity contribution in [2.75, 3.05) is 27.9 Å². The predicted octanol–water partition coefficient (Wildman–Crippen LogP) is 5.53. The second-order valence-corrected chi connectivity index (χ2v) is 8.96. The zero-order chi connectivity index (χ0) is 26.2. The van der Waals surface area contributed by atoms with Gasteiger partial charge in [-0.25, -0.2) is 4.68 Å². The van der Waals surface area contributed by atoms with Crippen LogP contribution >= 0.6 is 11.3 Å². The van der Waals surface area contributed by atoms with Crippen molar-refractivity contribution in [3.63, 3.8) is 0 Å². The van der Waals surface area contributed by atoms with E-state index in [2.05, 4.69) is 18.2 Å². The average molecular weight is 513 g/mol. The van der Waals surface area contributed by atoms with Crippen molar-refractivity contribution in [1.82, 2.24) is 4.68 Å². The lowest BCUT2D eigenvalue weighted by Gasteiger charge is -2.14. The molecule has 0 saturated heterocycles. The molecule has 7 nitrogen and oxygen atoms in total. The van der Waals surface area contributed by atoms with Crippen molar-refractivity contribution in [3.05, 3.63) is 93.6 Å². The Kier molecular flexibility index (Phi) is 8.39. The first-order valence-corrected chi connectivity index (χ1v) is 12.6. The highest BCUT2D eigenvalue weighted by atomic mass is 32.1. The van der Waals surface area contributed by atoms with Gasteiger partial charge in [0.25, 0.3) is 0 Å². The highest BCUT2D eigenvalue weighted by Gasteiger charge is 2.17. The van der Waals surface area contributed by atoms with Gasteiger partial charge in [0.15, 0.2) is 11.5 Å². The molecule has 0 spiro atoms. The molecule has 0 radical (unpaired) electrons. The van der Waals surface area contributed by atoms with Gasteiger partial charge in [0.05, 0.1) is 44.4 Å². The lowest BCUT2D eigenvalue weighted by atomic mass is 10.1. The highest BCUT2D eigenvalue weighted by molar-refractivity contribution is 7.07. The fourth-order valence-electron chi connectivity index (χ4n) is 3.85. The zero-order valence-corrected chi connectivity index (χ0v) is 22.1. The third-order valence-corrected chi connectivity index (χ3v) is 6.67. The van der Waals surface area contributed by atoms with Gasteiger partial charge >= 0.3 is 0 Å². The summed E-state index contributed by atoms with van der Waals surface area (Å²) < 4.78 is 18.5. The number of ether oxygens (including phenoxy) is 3. The van der Waals surface area contributed by atoms with E-state index in [9.17, 15) is 0 Å². The standard InChI is InChI=1S/C29H28N4O3S/c1-20(23-12-10-22(18-30)11-13-23)32-33-25(24-16-26(34-2)28(36-4)27(17-24)35-3)19-37-29(33)31-15-14-21-8-6-5-7-9-21/h5-13,16-17,19H,14-15H2,1-4H3. The van der Waals surface area contributed by atoms with Crippen molar-refractivity contribution in [2.45, 2.75) is 13.3 Å². The predicted molar refractivity (Wildman–Crippen MR) is 147 cm³/mol. The first-order valence-electron chi connectivity index (χ1n) is 11.7. The summed E-state index contributed by atoms with van der Waals surface area (Å²) in [5, 5.41) is 16.1. The third-order valence-electron chi connectivity index (χ3n) is 5.82. The monoisotopic (exact) mass is 512 g/mol. The van der Waals surface area contributed by atoms with Crippen molar-refractivity contribution in [3.8, 4) is 34.6 Å². The van der Waals surface area contributed by atoms with E-state index in [1.807, 2.05) is 59.4 Å². The minimum atomic E-state index is 0.528. The van der Waals surface area contributed by atoms with E-state index >= 15 is 0 Å². The molecule has 188 valence electrons. The van der Waals surface area contributed by atoms with E-state index in [0.717, 1.165) is 33.8 Å². The van der Waals surface area contributed by atoms with Crippen LogP contribution in [-0.2, 0) is 6.42 Å². The molecule has 37 heavy (non-hydrogen) atoms. The minimum Gasteiger partial charge on any atom is -0.493 e. The van der Waals surface area contributed by atoms with Crippen LogP contribution in [0.4, 0.5) is 0 Å². The van der Waals surface area contributed by atoms with Crippen LogP contribution in [0.1, 0.15) is 23.6 Å². The van der Waals surface area contributed by atoms with E-state index in [1.165, 1.54) is 16.9 Å². The van der Waals surface area contributed by atoms with Gasteiger partial charge in [-0.3, -0.25) is 4.99 Å². The number of benzene rings is 3. The van der Waals surface area contributed by atoms with E-state index in [1.54, 1.807) is 33.5 Å². The summed E-state index contributed by atoms with van der Waals surface area (Å²) >= 11 is 1.52. The quantitative estimate of drug-likeness (QED) is 0.276. The van der Waals surface area contributed by atoms with Crippen LogP contribution in [0.25, 0.3) is 11.3 Å². The van der Waals surface area contributed by atoms with E-state index in [0.29, 0.717) is 29.4 Å². The van der Waals surface area contributed by atoms with Crippen molar-refractivity contribution >= 4 is 17.0 Å². The number of nitriles is 1. The Morgan fingerprint density at radius 1 is 0.946 bits per heavy atom. The number of rotatable bonds is 9. The molecule has 0 aliphatic carbocycles. The number of methoxy groups -OCH3 is 3. The van der Waals surface area contributed by atoms with E-state index in [4.69, 9.17) is 29.6 Å². The van der Waals surface area contributed by atoms with Gasteiger partial charge in [0, 0.05) is 17.5 Å². The highest BCUT2D eigenvalue weighted by Crippen LogP contribution is 2.41. The normalized spacial score (nSPS) is 11.8. The lowest BCUT2D eigenvalue weighted by molar-refractivity contribution is 0.324. The van der Waals surface area contributed by atoms with Crippen LogP contribution in [-0.4, -0.2) is 38.3 Å². The molecular formula is C29H28N4O3S. The van der Waals surface area contributed by atoms with Crippen LogP contribution in [0.3, 0.4) is 0 Å². The van der Waals surface area contributed by atoms with Gasteiger partial charge in [-0.15, -0.1) is 11.3 Å². The number of thiazole rings is 1. The van der Waals surface area contributed by atoms with Gasteiger partial charge < -0.3 is 14.2 Å². The molecular weight excluding hydrogens is 484 g/mol. The fourth-order valence-corrected chi connectivity index (χ4v) is 4.71. The summed E-state index contributed by atoms with van der Waals surface area (Å²) in [4.78, 5) is 5.66. The number of aromatic nitrogens is 1. The molecule has 8 heteroatoms. The largest absolute Gasteiger partial charge is 0.493 e. The minimum absolute atomic E-state index is 0.528. The summed E-state index contributed by atoms with van der Waals surface area (Å²) in [6.07, 6.45) is 0.830. The van der Waals surface area contributed by atoms with Crippen LogP contribution in [0, 0.1) is 11.3 Å². The maximum Gasteiger partial charge on any atom is 0.206 e. The van der Waals surface area contributed by atoms with Gasteiger partial charge in [-0.2, -0.15) is 10.4 Å². The zero-order valence-electron chi connectivity index (χ0n) is 21.3. The molecule has 0 amide bonds. The molecule has 0 saturated carbocycles. The Morgan fingerprint density at radius 3 is 2.22 bits per heavy atom. The second-order valence-electron chi connectivity index (χ2n) is 8.12. The van der Waals surface area contributed by atoms with Gasteiger partial charge in [-0.05, 0) is 48.7 Å². The molecule has 0 aliphatic heterocycles. The summed E-state index contributed by atoms with van der Waals surface area (Å²) in [5.74, 6) is 1.65. The fraction of sp³-hybridized carbons (Fsp3) is 0.207. The van der Waals surface area contributed by atoms with Crippen LogP contribution < -0.4 is 19.0 Å². The molecule has 0 unspecified atom stereocenters. The van der Waals surface area contributed by atoms with Gasteiger partial charge in [-0.1, -0.05) is 42.5 Å². The van der Waals surface area contributed by atoms with Crippen LogP contribution in [0.15, 0.2) is 82.2 Å². The summed E-state index contributed by atoms with van der Waals surface area (Å²) in [7, 11) is 4.78. The molecule has 4 aromatic rings. The van der Waals surface area contributed by atoms with Gasteiger partial charge in [0.2, 0.25) is 10.6 Å². The van der Waals surface area contributed by atoms with Crippen LogP contribution in [0.2, 0.25) is 0 Å². The molecule has 0 fully saturated rings. The maximum atomic E-state index is 9.14. The molecule has 0 bridgehead atoms. The van der Waals surface area contributed by atoms with E-state index in [-0.39, 0.29) is 0 Å². The molecule has 3 aromatic carbocycles. The summed E-state index contributed by atoms with van der Waals surface area (Å²) in [6, 6.07) is 23.6. The van der Waals surface area contributed by atoms with Gasteiger partial charge in [0.1, 0.15) is 0 Å². The average Bonchev–Trinajstić information content (AvgIpc) is 3.34. The number of nitrogens with zero attached hydrogens (tertiary/aromatic N) is 4. The van der Waals surface area contributed by atoms with Crippen LogP contribution in [0.5, 0.6) is 17.2 Å². The third kappa shape index (κ3) is 5.90. The molecule has 0 aliphatic rings. The Morgan fingerprint density at radius 2 is 1.62 bits per heavy atom. The SMILES string of the molecule is COc1cc(-c2csc(=NCCc3ccccc3)n2N=C(C)c2ccc(C#N)cc2)cc(OC)c1OC. The lowest BCUT2D eigenvalue weighted by Crippen LogP contribution is -2.15. The Bertz CT molecular complexity index is 1470. The first kappa shape index (κ1) is 25.7. The first-order chi connectivity index (χ1) is 18.1. The molecule has 1 heterocycles.